The maximum atomic E-state index is 13.5. The van der Waals surface area contributed by atoms with Crippen LogP contribution in [0, 0.1) is 5.92 Å². The van der Waals surface area contributed by atoms with Gasteiger partial charge in [0.2, 0.25) is 5.91 Å². The Morgan fingerprint density at radius 3 is 2.84 bits per heavy atom. The Balaban J connectivity index is 1.56. The zero-order valence-electron chi connectivity index (χ0n) is 16.9. The van der Waals surface area contributed by atoms with Crippen LogP contribution >= 0.6 is 11.3 Å². The Kier molecular flexibility index (Phi) is 6.08. The number of likely N-dealkylation sites (tertiary alicyclic amines) is 1. The molecule has 0 spiro atoms. The Labute approximate surface area is 181 Å². The molecule has 2 unspecified atom stereocenters. The van der Waals surface area contributed by atoms with E-state index in [9.17, 15) is 18.0 Å². The van der Waals surface area contributed by atoms with E-state index >= 15 is 0 Å². The van der Waals surface area contributed by atoms with Crippen molar-refractivity contribution in [3.63, 3.8) is 0 Å². The third-order valence-electron chi connectivity index (χ3n) is 5.35. The van der Waals surface area contributed by atoms with Gasteiger partial charge in [0.25, 0.3) is 0 Å². The van der Waals surface area contributed by atoms with Crippen LogP contribution in [0.2, 0.25) is 0 Å². The molecule has 164 valence electrons. The molecule has 31 heavy (non-hydrogen) atoms. The first-order valence-electron chi connectivity index (χ1n) is 10.1. The molecular formula is C21H22F3N5OS. The first kappa shape index (κ1) is 21.5. The summed E-state index contributed by atoms with van der Waals surface area (Å²) in [5, 5.41) is 5.93. The normalized spacial score (nSPS) is 18.2. The number of carbonyl (C=O) groups is 1. The van der Waals surface area contributed by atoms with Crippen LogP contribution < -0.4 is 0 Å². The molecule has 10 heteroatoms. The number of nitrogens with zero attached hydrogens (tertiary/aromatic N) is 5. The third kappa shape index (κ3) is 4.95. The van der Waals surface area contributed by atoms with Crippen LogP contribution in [0.4, 0.5) is 13.2 Å². The summed E-state index contributed by atoms with van der Waals surface area (Å²) in [5.41, 5.74) is -0.681. The molecule has 3 aromatic rings. The molecule has 1 aliphatic heterocycles. The topological polar surface area (TPSA) is 63.9 Å². The van der Waals surface area contributed by atoms with E-state index in [1.54, 1.807) is 45.6 Å². The molecule has 2 atom stereocenters. The number of rotatable bonds is 5. The van der Waals surface area contributed by atoms with Crippen LogP contribution in [-0.4, -0.2) is 43.6 Å². The molecule has 6 nitrogen and oxygen atoms in total. The summed E-state index contributed by atoms with van der Waals surface area (Å²) < 4.78 is 42.2. The van der Waals surface area contributed by atoms with Crippen LogP contribution in [0.3, 0.4) is 0 Å². The lowest BCUT2D eigenvalue weighted by Gasteiger charge is -2.34. The molecule has 0 bridgehead atoms. The number of alkyl halides is 3. The molecule has 4 rings (SSSR count). The van der Waals surface area contributed by atoms with Gasteiger partial charge >= 0.3 is 6.18 Å². The van der Waals surface area contributed by atoms with Crippen molar-refractivity contribution in [2.24, 2.45) is 5.92 Å². The minimum atomic E-state index is -4.56. The highest BCUT2D eigenvalue weighted by atomic mass is 32.1. The van der Waals surface area contributed by atoms with E-state index in [2.05, 4.69) is 15.1 Å². The summed E-state index contributed by atoms with van der Waals surface area (Å²) in [4.78, 5) is 23.6. The average molecular weight is 450 g/mol. The van der Waals surface area contributed by atoms with E-state index in [0.29, 0.717) is 37.4 Å². The fraction of sp³-hybridized carbons (Fsp3) is 0.429. The quantitative estimate of drug-likeness (QED) is 0.577. The summed E-state index contributed by atoms with van der Waals surface area (Å²) in [7, 11) is 0. The second-order valence-corrected chi connectivity index (χ2v) is 8.67. The first-order valence-corrected chi connectivity index (χ1v) is 11.0. The van der Waals surface area contributed by atoms with Gasteiger partial charge in [0.1, 0.15) is 11.5 Å². The van der Waals surface area contributed by atoms with Crippen LogP contribution in [0.1, 0.15) is 37.2 Å². The summed E-state index contributed by atoms with van der Waals surface area (Å²) >= 11 is 1.33. The van der Waals surface area contributed by atoms with Gasteiger partial charge < -0.3 is 4.90 Å². The number of carbonyl (C=O) groups excluding carboxylic acids is 1. The predicted octanol–water partition coefficient (Wildman–Crippen LogP) is 4.46. The van der Waals surface area contributed by atoms with Crippen molar-refractivity contribution in [2.75, 3.05) is 13.1 Å². The van der Waals surface area contributed by atoms with E-state index < -0.39 is 11.9 Å². The lowest BCUT2D eigenvalue weighted by atomic mass is 9.95. The minimum Gasteiger partial charge on any atom is -0.342 e. The highest BCUT2D eigenvalue weighted by Gasteiger charge is 2.36. The van der Waals surface area contributed by atoms with E-state index in [1.165, 1.54) is 11.3 Å². The van der Waals surface area contributed by atoms with Crippen molar-refractivity contribution >= 4 is 17.2 Å². The first-order chi connectivity index (χ1) is 14.8. The molecule has 0 aliphatic carbocycles. The van der Waals surface area contributed by atoms with Crippen LogP contribution in [0.25, 0.3) is 10.6 Å². The largest absolute Gasteiger partial charge is 0.433 e. The van der Waals surface area contributed by atoms with Crippen molar-refractivity contribution in [2.45, 2.75) is 38.4 Å². The van der Waals surface area contributed by atoms with Crippen molar-refractivity contribution in [1.82, 2.24) is 24.6 Å². The molecule has 1 aliphatic rings. The second kappa shape index (κ2) is 8.78. The molecule has 4 heterocycles. The number of hydrogen-bond acceptors (Lipinski definition) is 5. The van der Waals surface area contributed by atoms with Gasteiger partial charge in [-0.3, -0.25) is 9.48 Å². The van der Waals surface area contributed by atoms with Gasteiger partial charge in [0, 0.05) is 31.4 Å². The number of hydrogen-bond donors (Lipinski definition) is 0. The summed E-state index contributed by atoms with van der Waals surface area (Å²) in [6.07, 6.45) is 0.225. The molecule has 1 fully saturated rings. The predicted molar refractivity (Wildman–Crippen MR) is 110 cm³/mol. The molecule has 0 aromatic carbocycles. The highest BCUT2D eigenvalue weighted by Crippen LogP contribution is 2.34. The van der Waals surface area contributed by atoms with Gasteiger partial charge in [-0.15, -0.1) is 11.3 Å². The van der Waals surface area contributed by atoms with E-state index in [-0.39, 0.29) is 29.3 Å². The van der Waals surface area contributed by atoms with E-state index in [1.807, 2.05) is 6.92 Å². The van der Waals surface area contributed by atoms with Crippen molar-refractivity contribution in [3.8, 4) is 10.6 Å². The molecule has 0 radical (unpaired) electrons. The Hall–Kier alpha value is -2.75. The van der Waals surface area contributed by atoms with Crippen molar-refractivity contribution in [1.29, 1.82) is 0 Å². The number of thiophene rings is 1. The standard InChI is InChI=1S/C21H22F3N5OS/c1-14(12-29-9-4-7-25-29)20(30)28-8-2-5-15(13-28)19-26-16(17-6-3-10-31-17)11-18(27-19)21(22,23)24/h3-4,6-7,9-11,14-15H,2,5,8,12-13H2,1H3. The van der Waals surface area contributed by atoms with Crippen LogP contribution in [0.15, 0.2) is 42.0 Å². The summed E-state index contributed by atoms with van der Waals surface area (Å²) in [6, 6.07) is 6.30. The summed E-state index contributed by atoms with van der Waals surface area (Å²) in [5.74, 6) is -0.514. The highest BCUT2D eigenvalue weighted by molar-refractivity contribution is 7.13. The number of amides is 1. The molecule has 1 amide bonds. The Bertz CT molecular complexity index is 1020. The SMILES string of the molecule is CC(Cn1cccn1)C(=O)N1CCCC(c2nc(-c3cccs3)cc(C(F)(F)F)n2)C1. The number of piperidine rings is 1. The van der Waals surface area contributed by atoms with Gasteiger partial charge in [0.15, 0.2) is 0 Å². The van der Waals surface area contributed by atoms with Crippen molar-refractivity contribution in [3.05, 3.63) is 53.6 Å². The van der Waals surface area contributed by atoms with Gasteiger partial charge in [-0.1, -0.05) is 13.0 Å². The van der Waals surface area contributed by atoms with Gasteiger partial charge in [-0.05, 0) is 36.4 Å². The van der Waals surface area contributed by atoms with E-state index in [0.717, 1.165) is 6.07 Å². The molecule has 0 saturated carbocycles. The maximum Gasteiger partial charge on any atom is 0.433 e. The van der Waals surface area contributed by atoms with E-state index in [4.69, 9.17) is 0 Å². The monoisotopic (exact) mass is 449 g/mol. The van der Waals surface area contributed by atoms with Crippen molar-refractivity contribution < 1.29 is 18.0 Å². The molecule has 3 aromatic heterocycles. The third-order valence-corrected chi connectivity index (χ3v) is 6.24. The van der Waals surface area contributed by atoms with Gasteiger partial charge in [-0.25, -0.2) is 9.97 Å². The summed E-state index contributed by atoms with van der Waals surface area (Å²) in [6.45, 7) is 3.18. The number of aromatic nitrogens is 4. The zero-order chi connectivity index (χ0) is 22.0. The lowest BCUT2D eigenvalue weighted by Crippen LogP contribution is -2.43. The molecular weight excluding hydrogens is 427 g/mol. The van der Waals surface area contributed by atoms with Gasteiger partial charge in [0.05, 0.1) is 23.0 Å². The number of halogens is 3. The molecule has 1 saturated heterocycles. The Morgan fingerprint density at radius 2 is 2.16 bits per heavy atom. The fourth-order valence-electron chi connectivity index (χ4n) is 3.81. The maximum absolute atomic E-state index is 13.5. The molecule has 0 N–H and O–H groups in total. The minimum absolute atomic E-state index is 0.0364. The fourth-order valence-corrected chi connectivity index (χ4v) is 4.50. The Morgan fingerprint density at radius 1 is 1.32 bits per heavy atom. The average Bonchev–Trinajstić information content (AvgIpc) is 3.47. The second-order valence-electron chi connectivity index (χ2n) is 7.72. The van der Waals surface area contributed by atoms with Crippen LogP contribution in [-0.2, 0) is 17.5 Å². The zero-order valence-corrected chi connectivity index (χ0v) is 17.7. The van der Waals surface area contributed by atoms with Crippen LogP contribution in [0.5, 0.6) is 0 Å². The van der Waals surface area contributed by atoms with Gasteiger partial charge in [-0.2, -0.15) is 18.3 Å². The smallest absolute Gasteiger partial charge is 0.342 e. The lowest BCUT2D eigenvalue weighted by molar-refractivity contribution is -0.141.